The van der Waals surface area contributed by atoms with Crippen LogP contribution in [0, 0.1) is 25.7 Å². The molecular formula is C19H24N6O2. The average Bonchev–Trinajstić information content (AvgIpc) is 3.07. The second-order valence-corrected chi connectivity index (χ2v) is 8.98. The van der Waals surface area contributed by atoms with Crippen molar-refractivity contribution in [3.63, 3.8) is 0 Å². The summed E-state index contributed by atoms with van der Waals surface area (Å²) in [6.07, 6.45) is 7.52. The highest BCUT2D eigenvalue weighted by atomic mass is 16.2. The summed E-state index contributed by atoms with van der Waals surface area (Å²) in [5, 5.41) is 15.7. The number of carbonyl (C=O) groups excluding carboxylic acids is 1. The smallest absolute Gasteiger partial charge is 0.261 e. The van der Waals surface area contributed by atoms with E-state index in [1.54, 1.807) is 4.80 Å². The normalized spacial score (nSPS) is 34.0. The molecule has 4 bridgehead atoms. The number of aromatic amines is 1. The molecule has 0 saturated heterocycles. The molecule has 0 aliphatic heterocycles. The zero-order valence-corrected chi connectivity index (χ0v) is 15.7. The minimum atomic E-state index is -0.317. The van der Waals surface area contributed by atoms with Gasteiger partial charge < -0.3 is 10.3 Å². The van der Waals surface area contributed by atoms with Crippen molar-refractivity contribution in [2.75, 3.05) is 0 Å². The average molecular weight is 368 g/mol. The van der Waals surface area contributed by atoms with Gasteiger partial charge in [0.15, 0.2) is 6.33 Å². The van der Waals surface area contributed by atoms with Crippen LogP contribution in [0.2, 0.25) is 0 Å². The van der Waals surface area contributed by atoms with E-state index < -0.39 is 0 Å². The summed E-state index contributed by atoms with van der Waals surface area (Å²) in [5.41, 5.74) is 0.930. The molecule has 1 amide bonds. The molecule has 0 radical (unpaired) electrons. The second kappa shape index (κ2) is 5.50. The van der Waals surface area contributed by atoms with E-state index in [1.807, 2.05) is 19.9 Å². The Labute approximate surface area is 156 Å². The molecule has 4 aliphatic rings. The molecule has 27 heavy (non-hydrogen) atoms. The Morgan fingerprint density at radius 1 is 1.26 bits per heavy atom. The predicted octanol–water partition coefficient (Wildman–Crippen LogP) is 1.46. The predicted molar refractivity (Wildman–Crippen MR) is 97.2 cm³/mol. The number of rotatable bonds is 3. The van der Waals surface area contributed by atoms with Gasteiger partial charge >= 0.3 is 0 Å². The minimum absolute atomic E-state index is 0.164. The third-order valence-electron chi connectivity index (χ3n) is 6.77. The van der Waals surface area contributed by atoms with E-state index in [0.717, 1.165) is 37.8 Å². The topological polar surface area (TPSA) is 106 Å². The molecule has 142 valence electrons. The Morgan fingerprint density at radius 3 is 2.63 bits per heavy atom. The van der Waals surface area contributed by atoms with E-state index in [-0.39, 0.29) is 28.1 Å². The monoisotopic (exact) mass is 368 g/mol. The van der Waals surface area contributed by atoms with E-state index in [1.165, 1.54) is 12.7 Å². The summed E-state index contributed by atoms with van der Waals surface area (Å²) in [7, 11) is 0. The van der Waals surface area contributed by atoms with Crippen LogP contribution >= 0.6 is 0 Å². The lowest BCUT2D eigenvalue weighted by Crippen LogP contribution is -2.66. The summed E-state index contributed by atoms with van der Waals surface area (Å²) in [5.74, 6) is 0.835. The van der Waals surface area contributed by atoms with Gasteiger partial charge in [-0.1, -0.05) is 0 Å². The largest absolute Gasteiger partial charge is 0.346 e. The van der Waals surface area contributed by atoms with Crippen molar-refractivity contribution in [1.82, 2.24) is 30.5 Å². The Kier molecular flexibility index (Phi) is 3.39. The number of amides is 1. The molecule has 2 N–H and O–H groups in total. The van der Waals surface area contributed by atoms with Crippen LogP contribution < -0.4 is 10.9 Å². The van der Waals surface area contributed by atoms with E-state index in [4.69, 9.17) is 0 Å². The van der Waals surface area contributed by atoms with Crippen LogP contribution in [0.25, 0.3) is 0 Å². The maximum Gasteiger partial charge on any atom is 0.261 e. The number of aromatic nitrogens is 5. The molecule has 8 nitrogen and oxygen atoms in total. The van der Waals surface area contributed by atoms with Crippen molar-refractivity contribution in [3.05, 3.63) is 39.6 Å². The quantitative estimate of drug-likeness (QED) is 0.853. The number of tetrazole rings is 1. The first-order valence-electron chi connectivity index (χ1n) is 9.65. The van der Waals surface area contributed by atoms with Crippen molar-refractivity contribution < 1.29 is 4.79 Å². The van der Waals surface area contributed by atoms with Crippen molar-refractivity contribution >= 4 is 5.91 Å². The Balaban J connectivity index is 1.49. The van der Waals surface area contributed by atoms with Gasteiger partial charge in [0.25, 0.3) is 11.5 Å². The number of nitrogens with one attached hydrogen (secondary N) is 2. The van der Waals surface area contributed by atoms with Crippen LogP contribution in [0.5, 0.6) is 0 Å². The first-order valence-corrected chi connectivity index (χ1v) is 9.65. The van der Waals surface area contributed by atoms with Gasteiger partial charge in [-0.2, -0.15) is 4.80 Å². The Hall–Kier alpha value is -2.51. The highest BCUT2D eigenvalue weighted by Crippen LogP contribution is 2.60. The van der Waals surface area contributed by atoms with Gasteiger partial charge in [-0.25, -0.2) is 0 Å². The third-order valence-corrected chi connectivity index (χ3v) is 6.77. The summed E-state index contributed by atoms with van der Waals surface area (Å²) in [6, 6.07) is 1.84. The Morgan fingerprint density at radius 2 is 2.00 bits per heavy atom. The number of hydrogen-bond donors (Lipinski definition) is 2. The van der Waals surface area contributed by atoms with Gasteiger partial charge in [0.2, 0.25) is 0 Å². The number of carbonyl (C=O) groups is 1. The maximum absolute atomic E-state index is 13.1. The first-order chi connectivity index (χ1) is 12.9. The van der Waals surface area contributed by atoms with Crippen LogP contribution in [0.3, 0.4) is 0 Å². The van der Waals surface area contributed by atoms with E-state index in [0.29, 0.717) is 17.4 Å². The molecule has 2 unspecified atom stereocenters. The summed E-state index contributed by atoms with van der Waals surface area (Å²) in [6.45, 7) is 3.64. The van der Waals surface area contributed by atoms with Gasteiger partial charge in [0, 0.05) is 11.2 Å². The molecule has 2 heterocycles. The molecule has 8 heteroatoms. The number of H-pyrrole nitrogens is 1. The number of hydrogen-bond acceptors (Lipinski definition) is 5. The fourth-order valence-electron chi connectivity index (χ4n) is 6.42. The summed E-state index contributed by atoms with van der Waals surface area (Å²) < 4.78 is 0. The molecule has 2 aromatic heterocycles. The molecule has 0 aromatic carbocycles. The van der Waals surface area contributed by atoms with Crippen molar-refractivity contribution in [2.24, 2.45) is 11.8 Å². The van der Waals surface area contributed by atoms with Crippen molar-refractivity contribution in [2.45, 2.75) is 63.5 Å². The van der Waals surface area contributed by atoms with Crippen LogP contribution in [0.4, 0.5) is 0 Å². The molecule has 0 spiro atoms. The molecule has 2 atom stereocenters. The van der Waals surface area contributed by atoms with Crippen LogP contribution in [-0.2, 0) is 5.54 Å². The van der Waals surface area contributed by atoms with E-state index >= 15 is 0 Å². The molecule has 2 aromatic rings. The minimum Gasteiger partial charge on any atom is -0.346 e. The van der Waals surface area contributed by atoms with Crippen LogP contribution in [0.15, 0.2) is 17.2 Å². The fourth-order valence-corrected chi connectivity index (χ4v) is 6.42. The number of pyridine rings is 1. The lowest BCUT2D eigenvalue weighted by atomic mass is 9.50. The highest BCUT2D eigenvalue weighted by molar-refractivity contribution is 5.95. The zero-order chi connectivity index (χ0) is 18.8. The molecule has 6 rings (SSSR count). The second-order valence-electron chi connectivity index (χ2n) is 8.98. The standard InChI is InChI=1S/C19H24N6O2/c1-11-3-12(2)22-16(26)15(11)17(27)23-18-5-13-4-14(6-18)8-19(7-13,9-18)25-21-10-20-24-25/h3,10,13-14H,4-9H2,1-2H3,(H,22,26)(H,23,27). The summed E-state index contributed by atoms with van der Waals surface area (Å²) in [4.78, 5) is 30.0. The van der Waals surface area contributed by atoms with Gasteiger partial charge in [-0.15, -0.1) is 10.2 Å². The van der Waals surface area contributed by atoms with Crippen molar-refractivity contribution in [3.8, 4) is 0 Å². The summed E-state index contributed by atoms with van der Waals surface area (Å²) >= 11 is 0. The SMILES string of the molecule is Cc1cc(C)c(C(=O)NC23CC4CC(C2)CC(n2ncnn2)(C4)C3)c(=O)[nH]1. The molecule has 4 aliphatic carbocycles. The third kappa shape index (κ3) is 2.53. The lowest BCUT2D eigenvalue weighted by molar-refractivity contribution is -0.0810. The van der Waals surface area contributed by atoms with Gasteiger partial charge in [-0.05, 0) is 81.1 Å². The van der Waals surface area contributed by atoms with Crippen LogP contribution in [0.1, 0.15) is 60.1 Å². The highest BCUT2D eigenvalue weighted by Gasteiger charge is 2.60. The van der Waals surface area contributed by atoms with E-state index in [2.05, 4.69) is 25.7 Å². The molecular weight excluding hydrogens is 344 g/mol. The van der Waals surface area contributed by atoms with E-state index in [9.17, 15) is 9.59 Å². The maximum atomic E-state index is 13.1. The number of aryl methyl sites for hydroxylation is 2. The fraction of sp³-hybridized carbons (Fsp3) is 0.632. The molecule has 4 saturated carbocycles. The molecule has 4 fully saturated rings. The van der Waals surface area contributed by atoms with Crippen LogP contribution in [-0.4, -0.2) is 36.6 Å². The first kappa shape index (κ1) is 16.6. The van der Waals surface area contributed by atoms with Gasteiger partial charge in [0.1, 0.15) is 5.56 Å². The van der Waals surface area contributed by atoms with Crippen molar-refractivity contribution in [1.29, 1.82) is 0 Å². The lowest BCUT2D eigenvalue weighted by Gasteiger charge is -2.61. The zero-order valence-electron chi connectivity index (χ0n) is 15.7. The Bertz CT molecular complexity index is 949. The van der Waals surface area contributed by atoms with Gasteiger partial charge in [-0.3, -0.25) is 9.59 Å². The van der Waals surface area contributed by atoms with Gasteiger partial charge in [0.05, 0.1) is 5.54 Å². The number of nitrogens with zero attached hydrogens (tertiary/aromatic N) is 4.